The number of amides is 1. The lowest BCUT2D eigenvalue weighted by Gasteiger charge is -2.26. The second kappa shape index (κ2) is 7.52. The number of hydrogen-bond acceptors (Lipinski definition) is 5. The van der Waals surface area contributed by atoms with E-state index in [9.17, 15) is 23.2 Å². The molecule has 0 radical (unpaired) electrons. The first-order valence-electron chi connectivity index (χ1n) is 8.10. The molecular weight excluding hydrogens is 379 g/mol. The Hall–Kier alpha value is -2.67. The number of thioether (sulfide) groups is 1. The number of benzene rings is 1. The molecule has 1 saturated heterocycles. The molecule has 6 nitrogen and oxygen atoms in total. The van der Waals surface area contributed by atoms with Crippen LogP contribution < -0.4 is 11.1 Å². The fourth-order valence-corrected chi connectivity index (χ4v) is 4.01. The number of alkyl halides is 3. The van der Waals surface area contributed by atoms with Crippen molar-refractivity contribution in [2.24, 2.45) is 11.7 Å². The van der Waals surface area contributed by atoms with Crippen molar-refractivity contribution < 1.29 is 18.0 Å². The summed E-state index contributed by atoms with van der Waals surface area (Å²) in [6.45, 7) is 0. The molecule has 0 aliphatic carbocycles. The van der Waals surface area contributed by atoms with Gasteiger partial charge in [0.2, 0.25) is 0 Å². The number of anilines is 2. The van der Waals surface area contributed by atoms with Gasteiger partial charge >= 0.3 is 6.18 Å². The first-order valence-corrected chi connectivity index (χ1v) is 9.25. The summed E-state index contributed by atoms with van der Waals surface area (Å²) in [5.41, 5.74) is 5.09. The van der Waals surface area contributed by atoms with E-state index >= 15 is 0 Å². The maximum Gasteiger partial charge on any atom is 0.416 e. The van der Waals surface area contributed by atoms with E-state index in [0.717, 1.165) is 24.3 Å². The summed E-state index contributed by atoms with van der Waals surface area (Å²) in [6.07, 6.45) is -2.22. The maximum atomic E-state index is 12.7. The number of aromatic nitrogens is 2. The lowest BCUT2D eigenvalue weighted by molar-refractivity contribution is -0.137. The molecule has 3 N–H and O–H groups in total. The molecule has 142 valence electrons. The molecule has 0 bridgehead atoms. The molecule has 2 atom stereocenters. The number of nitrogens with two attached hydrogens (primary N) is 1. The Bertz CT molecular complexity index is 872. The summed E-state index contributed by atoms with van der Waals surface area (Å²) in [4.78, 5) is 11.8. The van der Waals surface area contributed by atoms with Crippen LogP contribution in [-0.2, 0) is 6.18 Å². The van der Waals surface area contributed by atoms with Gasteiger partial charge in [0.05, 0.1) is 23.6 Å². The number of nitriles is 1. The molecule has 1 aromatic carbocycles. The molecule has 3 rings (SSSR count). The maximum absolute atomic E-state index is 12.7. The minimum Gasteiger partial charge on any atom is -0.365 e. The average molecular weight is 395 g/mol. The Morgan fingerprint density at radius 3 is 2.67 bits per heavy atom. The van der Waals surface area contributed by atoms with E-state index in [4.69, 9.17) is 5.73 Å². The summed E-state index contributed by atoms with van der Waals surface area (Å²) in [5, 5.41) is 16.5. The van der Waals surface area contributed by atoms with Crippen molar-refractivity contribution in [1.29, 1.82) is 5.26 Å². The largest absolute Gasteiger partial charge is 0.416 e. The smallest absolute Gasteiger partial charge is 0.365 e. The highest BCUT2D eigenvalue weighted by atomic mass is 32.2. The van der Waals surface area contributed by atoms with Gasteiger partial charge in [0, 0.05) is 17.6 Å². The van der Waals surface area contributed by atoms with Crippen LogP contribution in [0.15, 0.2) is 30.5 Å². The predicted molar refractivity (Wildman–Crippen MR) is 95.6 cm³/mol. The normalized spacial score (nSPS) is 20.1. The lowest BCUT2D eigenvalue weighted by atomic mass is 10.0. The fraction of sp³-hybridized carbons (Fsp3) is 0.353. The van der Waals surface area contributed by atoms with Crippen LogP contribution >= 0.6 is 11.8 Å². The van der Waals surface area contributed by atoms with Crippen LogP contribution in [0.4, 0.5) is 24.7 Å². The first-order chi connectivity index (χ1) is 12.8. The second-order valence-corrected chi connectivity index (χ2v) is 7.25. The second-order valence-electron chi connectivity index (χ2n) is 6.10. The van der Waals surface area contributed by atoms with Gasteiger partial charge in [-0.1, -0.05) is 0 Å². The molecule has 1 aromatic heterocycles. The number of hydrogen-bond donors (Lipinski definition) is 2. The molecule has 1 amide bonds. The monoisotopic (exact) mass is 395 g/mol. The zero-order valence-corrected chi connectivity index (χ0v) is 14.8. The molecule has 0 saturated carbocycles. The minimum atomic E-state index is -4.43. The predicted octanol–water partition coefficient (Wildman–Crippen LogP) is 3.56. The number of rotatable bonds is 4. The molecule has 1 aliphatic heterocycles. The molecule has 1 unspecified atom stereocenters. The first kappa shape index (κ1) is 19.1. The fourth-order valence-electron chi connectivity index (χ4n) is 2.88. The summed E-state index contributed by atoms with van der Waals surface area (Å²) in [6, 6.07) is 6.45. The van der Waals surface area contributed by atoms with Gasteiger partial charge in [-0.05, 0) is 36.4 Å². The van der Waals surface area contributed by atoms with Gasteiger partial charge in [0.1, 0.15) is 5.56 Å². The minimum absolute atomic E-state index is 0.116. The van der Waals surface area contributed by atoms with Crippen molar-refractivity contribution >= 4 is 29.2 Å². The van der Waals surface area contributed by atoms with Crippen molar-refractivity contribution in [3.8, 4) is 6.07 Å². The molecule has 1 fully saturated rings. The summed E-state index contributed by atoms with van der Waals surface area (Å²) in [5.74, 6) is 0.736. The van der Waals surface area contributed by atoms with Crippen molar-refractivity contribution in [3.05, 3.63) is 41.6 Å². The van der Waals surface area contributed by atoms with Crippen molar-refractivity contribution in [2.75, 3.05) is 16.8 Å². The molecule has 2 heterocycles. The van der Waals surface area contributed by atoms with Crippen LogP contribution in [0, 0.1) is 17.2 Å². The van der Waals surface area contributed by atoms with E-state index in [1.807, 2.05) is 0 Å². The number of primary amides is 1. The Labute approximate surface area is 157 Å². The van der Waals surface area contributed by atoms with Crippen LogP contribution in [0.2, 0.25) is 0 Å². The zero-order chi connectivity index (χ0) is 19.6. The summed E-state index contributed by atoms with van der Waals surface area (Å²) >= 11 is 1.69. The Morgan fingerprint density at radius 2 is 2.07 bits per heavy atom. The highest BCUT2D eigenvalue weighted by molar-refractivity contribution is 7.99. The number of nitrogens with zero attached hydrogens (tertiary/aromatic N) is 3. The van der Waals surface area contributed by atoms with Gasteiger partial charge in [-0.25, -0.2) is 0 Å². The number of carbonyl (C=O) groups is 1. The molecule has 10 heteroatoms. The molecule has 1 aliphatic rings. The van der Waals surface area contributed by atoms with Crippen molar-refractivity contribution in [2.45, 2.75) is 18.6 Å². The highest BCUT2D eigenvalue weighted by Crippen LogP contribution is 2.34. The summed E-state index contributed by atoms with van der Waals surface area (Å²) in [7, 11) is 0. The van der Waals surface area contributed by atoms with E-state index in [-0.39, 0.29) is 23.3 Å². The highest BCUT2D eigenvalue weighted by Gasteiger charge is 2.31. The standard InChI is InChI=1S/C17H16F3N5OS/c18-17(19,20)11-1-3-12(4-2-11)23-16-13(15(22)26)8-25(24-16)14-5-6-27-9-10(14)7-21/h1-4,8,10,14H,5-6,9H2,(H2,22,26)(H,23,24)/t10?,14-/m0/s1. The molecule has 27 heavy (non-hydrogen) atoms. The van der Waals surface area contributed by atoms with Gasteiger partial charge < -0.3 is 11.1 Å². The van der Waals surface area contributed by atoms with Crippen LogP contribution in [0.1, 0.15) is 28.4 Å². The summed E-state index contributed by atoms with van der Waals surface area (Å²) < 4.78 is 39.6. The van der Waals surface area contributed by atoms with Crippen LogP contribution in [0.3, 0.4) is 0 Å². The van der Waals surface area contributed by atoms with Crippen molar-refractivity contribution in [3.63, 3.8) is 0 Å². The van der Waals surface area contributed by atoms with Crippen LogP contribution in [0.25, 0.3) is 0 Å². The van der Waals surface area contributed by atoms with Gasteiger partial charge in [-0.15, -0.1) is 0 Å². The third kappa shape index (κ3) is 4.19. The Morgan fingerprint density at radius 1 is 1.37 bits per heavy atom. The third-order valence-electron chi connectivity index (χ3n) is 4.30. The third-order valence-corrected chi connectivity index (χ3v) is 5.42. The van der Waals surface area contributed by atoms with Crippen LogP contribution in [0.5, 0.6) is 0 Å². The van der Waals surface area contributed by atoms with Crippen LogP contribution in [-0.4, -0.2) is 27.2 Å². The number of halogens is 3. The molecule has 2 aromatic rings. The number of nitrogens with one attached hydrogen (secondary N) is 1. The van der Waals surface area contributed by atoms with Gasteiger partial charge in [-0.3, -0.25) is 9.48 Å². The van der Waals surface area contributed by atoms with Gasteiger partial charge in [-0.2, -0.15) is 35.3 Å². The van der Waals surface area contributed by atoms with E-state index in [1.54, 1.807) is 16.4 Å². The van der Waals surface area contributed by atoms with E-state index in [1.165, 1.54) is 18.3 Å². The quantitative estimate of drug-likeness (QED) is 0.825. The van der Waals surface area contributed by atoms with E-state index in [0.29, 0.717) is 11.4 Å². The van der Waals surface area contributed by atoms with Gasteiger partial charge in [0.25, 0.3) is 5.91 Å². The average Bonchev–Trinajstić information content (AvgIpc) is 3.05. The molecular formula is C17H16F3N5OS. The SMILES string of the molecule is N#CC1CSCC[C@@H]1n1cc(C(N)=O)c(Nc2ccc(C(F)(F)F)cc2)n1. The Balaban J connectivity index is 1.88. The Kier molecular flexibility index (Phi) is 5.32. The van der Waals surface area contributed by atoms with Crippen molar-refractivity contribution in [1.82, 2.24) is 9.78 Å². The van der Waals surface area contributed by atoms with Gasteiger partial charge in [0.15, 0.2) is 5.82 Å². The number of carbonyl (C=O) groups excluding carboxylic acids is 1. The van der Waals surface area contributed by atoms with E-state index < -0.39 is 17.6 Å². The van der Waals surface area contributed by atoms with E-state index in [2.05, 4.69) is 16.5 Å². The topological polar surface area (TPSA) is 96.7 Å². The zero-order valence-electron chi connectivity index (χ0n) is 14.0. The lowest BCUT2D eigenvalue weighted by Crippen LogP contribution is -2.25. The molecule has 0 spiro atoms.